The van der Waals surface area contributed by atoms with E-state index in [-0.39, 0.29) is 12.0 Å². The Labute approximate surface area is 134 Å². The number of hydrogen-bond acceptors (Lipinski definition) is 2. The first-order valence-corrected chi connectivity index (χ1v) is 7.86. The van der Waals surface area contributed by atoms with E-state index in [9.17, 15) is 5.11 Å². The molecule has 1 unspecified atom stereocenters. The quantitative estimate of drug-likeness (QED) is 0.841. The predicted octanol–water partition coefficient (Wildman–Crippen LogP) is 4.34. The van der Waals surface area contributed by atoms with Crippen LogP contribution in [0.5, 0.6) is 5.75 Å². The number of ether oxygens (including phenoxy) is 1. The molecule has 1 N–H and O–H groups in total. The van der Waals surface area contributed by atoms with E-state index < -0.39 is 0 Å². The molecular formula is C18H21BrO2. The molecule has 2 aromatic carbocycles. The van der Waals surface area contributed by atoms with Crippen LogP contribution in [0.15, 0.2) is 53.0 Å². The van der Waals surface area contributed by atoms with Gasteiger partial charge < -0.3 is 9.84 Å². The Balaban J connectivity index is 2.10. The second-order valence-electron chi connectivity index (χ2n) is 5.58. The Kier molecular flexibility index (Phi) is 5.43. The number of methoxy groups -OCH3 is 1. The largest absolute Gasteiger partial charge is 0.497 e. The standard InChI is InChI=1S/C18H21BrO2/c1-18(13-20,15-4-3-5-16(19)12-15)11-10-14-6-8-17(21-2)9-7-14/h3-9,12,20H,10-11,13H2,1-2H3. The van der Waals surface area contributed by atoms with Crippen molar-refractivity contribution in [2.75, 3.05) is 13.7 Å². The van der Waals surface area contributed by atoms with Gasteiger partial charge >= 0.3 is 0 Å². The number of aliphatic hydroxyl groups is 1. The fraction of sp³-hybridized carbons (Fsp3) is 0.333. The van der Waals surface area contributed by atoms with Crippen molar-refractivity contribution >= 4 is 15.9 Å². The van der Waals surface area contributed by atoms with Crippen LogP contribution < -0.4 is 4.74 Å². The van der Waals surface area contributed by atoms with Crippen molar-refractivity contribution in [3.8, 4) is 5.75 Å². The number of rotatable bonds is 6. The molecule has 0 fully saturated rings. The van der Waals surface area contributed by atoms with Gasteiger partial charge in [0.1, 0.15) is 5.75 Å². The molecule has 1 atom stereocenters. The van der Waals surface area contributed by atoms with Gasteiger partial charge in [-0.05, 0) is 48.2 Å². The summed E-state index contributed by atoms with van der Waals surface area (Å²) in [5.41, 5.74) is 2.18. The van der Waals surface area contributed by atoms with E-state index in [4.69, 9.17) is 4.74 Å². The van der Waals surface area contributed by atoms with Crippen molar-refractivity contribution < 1.29 is 9.84 Å². The van der Waals surface area contributed by atoms with Crippen molar-refractivity contribution in [1.29, 1.82) is 0 Å². The molecule has 0 spiro atoms. The smallest absolute Gasteiger partial charge is 0.118 e. The zero-order chi connectivity index (χ0) is 15.3. The second kappa shape index (κ2) is 7.10. The SMILES string of the molecule is COc1ccc(CCC(C)(CO)c2cccc(Br)c2)cc1. The van der Waals surface area contributed by atoms with Crippen molar-refractivity contribution in [2.24, 2.45) is 0 Å². The van der Waals surface area contributed by atoms with Gasteiger partial charge in [-0.25, -0.2) is 0 Å². The van der Waals surface area contributed by atoms with Crippen LogP contribution in [0.25, 0.3) is 0 Å². The Hall–Kier alpha value is -1.32. The number of hydrogen-bond donors (Lipinski definition) is 1. The molecule has 0 radical (unpaired) electrons. The summed E-state index contributed by atoms with van der Waals surface area (Å²) in [6.45, 7) is 2.25. The summed E-state index contributed by atoms with van der Waals surface area (Å²) < 4.78 is 6.22. The highest BCUT2D eigenvalue weighted by atomic mass is 79.9. The van der Waals surface area contributed by atoms with Crippen molar-refractivity contribution in [1.82, 2.24) is 0 Å². The summed E-state index contributed by atoms with van der Waals surface area (Å²) in [5, 5.41) is 9.85. The van der Waals surface area contributed by atoms with E-state index in [1.165, 1.54) is 5.56 Å². The predicted molar refractivity (Wildman–Crippen MR) is 89.9 cm³/mol. The molecule has 0 amide bonds. The minimum absolute atomic E-state index is 0.139. The normalized spacial score (nSPS) is 13.7. The monoisotopic (exact) mass is 348 g/mol. The van der Waals surface area contributed by atoms with E-state index in [1.807, 2.05) is 24.3 Å². The number of aryl methyl sites for hydroxylation is 1. The molecule has 0 saturated heterocycles. The van der Waals surface area contributed by atoms with E-state index in [0.29, 0.717) is 0 Å². The van der Waals surface area contributed by atoms with Crippen LogP contribution in [0.4, 0.5) is 0 Å². The molecule has 112 valence electrons. The van der Waals surface area contributed by atoms with Gasteiger partial charge in [-0.1, -0.05) is 47.1 Å². The molecule has 0 heterocycles. The summed E-state index contributed by atoms with van der Waals surface area (Å²) in [6.07, 6.45) is 1.82. The first-order chi connectivity index (χ1) is 10.1. The lowest BCUT2D eigenvalue weighted by molar-refractivity contribution is 0.197. The highest BCUT2D eigenvalue weighted by Crippen LogP contribution is 2.30. The highest BCUT2D eigenvalue weighted by molar-refractivity contribution is 9.10. The fourth-order valence-corrected chi connectivity index (χ4v) is 2.79. The van der Waals surface area contributed by atoms with Gasteiger partial charge in [0.2, 0.25) is 0 Å². The van der Waals surface area contributed by atoms with Crippen molar-refractivity contribution in [3.63, 3.8) is 0 Å². The maximum absolute atomic E-state index is 9.85. The van der Waals surface area contributed by atoms with Gasteiger partial charge in [0.25, 0.3) is 0 Å². The van der Waals surface area contributed by atoms with E-state index in [0.717, 1.165) is 28.6 Å². The molecule has 0 bridgehead atoms. The lowest BCUT2D eigenvalue weighted by Crippen LogP contribution is -2.27. The minimum Gasteiger partial charge on any atom is -0.497 e. The van der Waals surface area contributed by atoms with Crippen molar-refractivity contribution in [2.45, 2.75) is 25.2 Å². The Morgan fingerprint density at radius 2 is 1.86 bits per heavy atom. The molecule has 0 aliphatic rings. The van der Waals surface area contributed by atoms with Crippen molar-refractivity contribution in [3.05, 3.63) is 64.1 Å². The molecule has 2 nitrogen and oxygen atoms in total. The van der Waals surface area contributed by atoms with Gasteiger partial charge in [0.15, 0.2) is 0 Å². The molecule has 2 rings (SSSR count). The van der Waals surface area contributed by atoms with Crippen LogP contribution in [0.3, 0.4) is 0 Å². The number of benzene rings is 2. The van der Waals surface area contributed by atoms with Gasteiger partial charge in [-0.2, -0.15) is 0 Å². The summed E-state index contributed by atoms with van der Waals surface area (Å²) in [7, 11) is 1.67. The van der Waals surface area contributed by atoms with Gasteiger partial charge in [-0.3, -0.25) is 0 Å². The molecule has 21 heavy (non-hydrogen) atoms. The third-order valence-corrected chi connectivity index (χ3v) is 4.49. The molecule has 0 saturated carbocycles. The van der Waals surface area contributed by atoms with E-state index in [2.05, 4.69) is 47.1 Å². The first-order valence-electron chi connectivity index (χ1n) is 7.07. The molecule has 2 aromatic rings. The van der Waals surface area contributed by atoms with Crippen LogP contribution in [-0.2, 0) is 11.8 Å². The Bertz CT molecular complexity index is 580. The lowest BCUT2D eigenvalue weighted by atomic mass is 9.78. The Morgan fingerprint density at radius 1 is 1.14 bits per heavy atom. The summed E-state index contributed by atoms with van der Waals surface area (Å²) >= 11 is 3.50. The topological polar surface area (TPSA) is 29.5 Å². The molecule has 3 heteroatoms. The average molecular weight is 349 g/mol. The lowest BCUT2D eigenvalue weighted by Gasteiger charge is -2.28. The van der Waals surface area contributed by atoms with Crippen LogP contribution >= 0.6 is 15.9 Å². The highest BCUT2D eigenvalue weighted by Gasteiger charge is 2.25. The zero-order valence-electron chi connectivity index (χ0n) is 12.5. The average Bonchev–Trinajstić information content (AvgIpc) is 2.53. The maximum atomic E-state index is 9.85. The number of halogens is 1. The Morgan fingerprint density at radius 3 is 2.43 bits per heavy atom. The summed E-state index contributed by atoms with van der Waals surface area (Å²) in [4.78, 5) is 0. The van der Waals surface area contributed by atoms with Gasteiger partial charge in [0.05, 0.1) is 13.7 Å². The van der Waals surface area contributed by atoms with Crippen LogP contribution in [-0.4, -0.2) is 18.8 Å². The van der Waals surface area contributed by atoms with E-state index >= 15 is 0 Å². The van der Waals surface area contributed by atoms with E-state index in [1.54, 1.807) is 7.11 Å². The second-order valence-corrected chi connectivity index (χ2v) is 6.49. The van der Waals surface area contributed by atoms with Gasteiger partial charge in [0, 0.05) is 9.89 Å². The number of aliphatic hydroxyl groups excluding tert-OH is 1. The summed E-state index contributed by atoms with van der Waals surface area (Å²) in [6, 6.07) is 16.3. The molecular weight excluding hydrogens is 328 g/mol. The van der Waals surface area contributed by atoms with Crippen LogP contribution in [0.2, 0.25) is 0 Å². The third kappa shape index (κ3) is 4.08. The molecule has 0 aliphatic heterocycles. The minimum atomic E-state index is -0.232. The third-order valence-electron chi connectivity index (χ3n) is 4.00. The molecule has 0 aliphatic carbocycles. The van der Waals surface area contributed by atoms with Gasteiger partial charge in [-0.15, -0.1) is 0 Å². The maximum Gasteiger partial charge on any atom is 0.118 e. The summed E-state index contributed by atoms with van der Waals surface area (Å²) in [5.74, 6) is 0.871. The molecule has 0 aromatic heterocycles. The zero-order valence-corrected chi connectivity index (χ0v) is 14.1. The van der Waals surface area contributed by atoms with Crippen LogP contribution in [0, 0.1) is 0 Å². The fourth-order valence-electron chi connectivity index (χ4n) is 2.39. The van der Waals surface area contributed by atoms with Crippen LogP contribution in [0.1, 0.15) is 24.5 Å². The first kappa shape index (κ1) is 16.1.